The largest absolute Gasteiger partial charge is 0.368 e. The summed E-state index contributed by atoms with van der Waals surface area (Å²) >= 11 is 0. The fraction of sp³-hybridized carbons (Fsp3) is 0.280. The predicted molar refractivity (Wildman–Crippen MR) is 140 cm³/mol. The Hall–Kier alpha value is -2.80. The van der Waals surface area contributed by atoms with Gasteiger partial charge in [0.05, 0.1) is 11.2 Å². The Morgan fingerprint density at radius 2 is 1.76 bits per heavy atom. The molecular weight excluding hydrogens is 457 g/mol. The van der Waals surface area contributed by atoms with Gasteiger partial charge in [0.2, 0.25) is 0 Å². The number of imidazole rings is 1. The zero-order chi connectivity index (χ0) is 21.2. The smallest absolute Gasteiger partial charge is 0.330 e. The third kappa shape index (κ3) is 5.41. The second-order valence-corrected chi connectivity index (χ2v) is 8.18. The number of aromatic nitrogens is 3. The summed E-state index contributed by atoms with van der Waals surface area (Å²) in [5.74, 6) is 0. The van der Waals surface area contributed by atoms with E-state index in [9.17, 15) is 4.79 Å². The number of rotatable bonds is 5. The van der Waals surface area contributed by atoms with E-state index in [2.05, 4.69) is 62.2 Å². The minimum absolute atomic E-state index is 0. The summed E-state index contributed by atoms with van der Waals surface area (Å²) in [6, 6.07) is 19.0. The lowest BCUT2D eigenvalue weighted by molar-refractivity contribution is 0.261. The summed E-state index contributed by atoms with van der Waals surface area (Å²) in [5, 5.41) is 1.23. The lowest BCUT2D eigenvalue weighted by atomic mass is 10.1. The van der Waals surface area contributed by atoms with E-state index in [-0.39, 0.29) is 30.5 Å². The van der Waals surface area contributed by atoms with Crippen LogP contribution in [0.4, 0.5) is 5.69 Å². The van der Waals surface area contributed by atoms with Gasteiger partial charge in [0.1, 0.15) is 0 Å². The predicted octanol–water partition coefficient (Wildman–Crippen LogP) is 4.23. The van der Waals surface area contributed by atoms with E-state index in [0.717, 1.165) is 56.0 Å². The van der Waals surface area contributed by atoms with Crippen LogP contribution in [0.1, 0.15) is 11.3 Å². The quantitative estimate of drug-likeness (QED) is 0.459. The van der Waals surface area contributed by atoms with Crippen LogP contribution in [-0.4, -0.2) is 52.2 Å². The molecule has 4 aromatic rings. The molecule has 33 heavy (non-hydrogen) atoms. The second kappa shape index (κ2) is 10.9. The van der Waals surface area contributed by atoms with E-state index < -0.39 is 0 Å². The van der Waals surface area contributed by atoms with Crippen LogP contribution < -0.4 is 10.6 Å². The van der Waals surface area contributed by atoms with Gasteiger partial charge in [0.25, 0.3) is 0 Å². The maximum absolute atomic E-state index is 11.9. The number of aryl methyl sites for hydroxylation is 1. The standard InChI is InChI=1S/C25H27N5O.2ClH/c1-19-8-9-22-23(27-19)6-3-7-24(22)29-16-14-28(15-17-29)12-10-20-4-2-5-21(18-20)30-13-11-26-25(30)31;;/h2-9,11,13,18H,10,12,14-17H2,1H3,(H,26,31);2*1H. The van der Waals surface area contributed by atoms with Crippen molar-refractivity contribution >= 4 is 41.4 Å². The van der Waals surface area contributed by atoms with Crippen LogP contribution in [0.3, 0.4) is 0 Å². The maximum atomic E-state index is 11.9. The van der Waals surface area contributed by atoms with Gasteiger partial charge in [-0.15, -0.1) is 24.8 Å². The molecule has 0 spiro atoms. The molecule has 1 fully saturated rings. The first kappa shape index (κ1) is 24.8. The number of nitrogens with zero attached hydrogens (tertiary/aromatic N) is 4. The van der Waals surface area contributed by atoms with E-state index >= 15 is 0 Å². The molecule has 0 atom stereocenters. The minimum Gasteiger partial charge on any atom is -0.368 e. The molecule has 0 unspecified atom stereocenters. The van der Waals surface area contributed by atoms with Gasteiger partial charge in [0.15, 0.2) is 0 Å². The summed E-state index contributed by atoms with van der Waals surface area (Å²) in [4.78, 5) is 24.3. The van der Waals surface area contributed by atoms with E-state index in [1.54, 1.807) is 17.0 Å². The first-order valence-electron chi connectivity index (χ1n) is 10.9. The summed E-state index contributed by atoms with van der Waals surface area (Å²) in [6.07, 6.45) is 4.41. The van der Waals surface area contributed by atoms with Gasteiger partial charge in [-0.3, -0.25) is 14.5 Å². The van der Waals surface area contributed by atoms with Crippen molar-refractivity contribution < 1.29 is 0 Å². The van der Waals surface area contributed by atoms with E-state index in [1.165, 1.54) is 16.6 Å². The molecule has 0 bridgehead atoms. The number of aromatic amines is 1. The van der Waals surface area contributed by atoms with Crippen molar-refractivity contribution in [1.82, 2.24) is 19.4 Å². The zero-order valence-electron chi connectivity index (χ0n) is 18.6. The van der Waals surface area contributed by atoms with Gasteiger partial charge in [-0.25, -0.2) is 4.79 Å². The van der Waals surface area contributed by atoms with Gasteiger partial charge in [0, 0.05) is 61.9 Å². The fourth-order valence-corrected chi connectivity index (χ4v) is 4.40. The Morgan fingerprint density at radius 1 is 0.970 bits per heavy atom. The maximum Gasteiger partial charge on any atom is 0.330 e. The van der Waals surface area contributed by atoms with Crippen LogP contribution in [0.25, 0.3) is 16.6 Å². The first-order valence-corrected chi connectivity index (χ1v) is 10.9. The number of benzene rings is 2. The Kier molecular flexibility index (Phi) is 8.19. The van der Waals surface area contributed by atoms with Gasteiger partial charge in [-0.2, -0.15) is 0 Å². The number of pyridine rings is 1. The minimum atomic E-state index is -0.105. The lowest BCUT2D eigenvalue weighted by Crippen LogP contribution is -2.47. The second-order valence-electron chi connectivity index (χ2n) is 8.18. The number of fused-ring (bicyclic) bond motifs is 1. The number of hydrogen-bond donors (Lipinski definition) is 1. The van der Waals surface area contributed by atoms with Gasteiger partial charge in [-0.05, 0) is 55.3 Å². The van der Waals surface area contributed by atoms with Crippen molar-refractivity contribution in [2.45, 2.75) is 13.3 Å². The molecule has 1 aliphatic heterocycles. The molecule has 0 saturated carbocycles. The molecule has 5 rings (SSSR count). The SMILES string of the molecule is Cc1ccc2c(N3CCN(CCc4cccc(-n5cc[nH]c5=O)c4)CC3)cccc2n1.Cl.Cl. The van der Waals surface area contributed by atoms with E-state index in [4.69, 9.17) is 0 Å². The number of H-pyrrole nitrogens is 1. The van der Waals surface area contributed by atoms with Gasteiger partial charge < -0.3 is 9.88 Å². The van der Waals surface area contributed by atoms with Crippen LogP contribution in [-0.2, 0) is 6.42 Å². The molecule has 174 valence electrons. The van der Waals surface area contributed by atoms with Crippen LogP contribution in [0.5, 0.6) is 0 Å². The summed E-state index contributed by atoms with van der Waals surface area (Å²) in [5.41, 5.74) is 5.47. The molecule has 2 aromatic heterocycles. The van der Waals surface area contributed by atoms with Crippen molar-refractivity contribution in [2.24, 2.45) is 0 Å². The van der Waals surface area contributed by atoms with Crippen molar-refractivity contribution in [3.8, 4) is 5.69 Å². The number of halogens is 2. The highest BCUT2D eigenvalue weighted by atomic mass is 35.5. The van der Waals surface area contributed by atoms with Crippen molar-refractivity contribution in [1.29, 1.82) is 0 Å². The Morgan fingerprint density at radius 3 is 2.52 bits per heavy atom. The van der Waals surface area contributed by atoms with Gasteiger partial charge >= 0.3 is 5.69 Å². The third-order valence-corrected chi connectivity index (χ3v) is 6.12. The molecule has 3 heterocycles. The molecule has 8 heteroatoms. The molecule has 1 N–H and O–H groups in total. The van der Waals surface area contributed by atoms with Crippen molar-refractivity contribution in [3.05, 3.63) is 88.7 Å². The van der Waals surface area contributed by atoms with Crippen LogP contribution >= 0.6 is 24.8 Å². The average molecular weight is 486 g/mol. The third-order valence-electron chi connectivity index (χ3n) is 6.12. The van der Waals surface area contributed by atoms with Crippen LogP contribution in [0, 0.1) is 6.92 Å². The average Bonchev–Trinajstić information content (AvgIpc) is 3.23. The number of anilines is 1. The Bertz CT molecular complexity index is 1260. The van der Waals surface area contributed by atoms with Crippen molar-refractivity contribution in [3.63, 3.8) is 0 Å². The molecule has 0 amide bonds. The van der Waals surface area contributed by atoms with Crippen molar-refractivity contribution in [2.75, 3.05) is 37.6 Å². The molecule has 6 nitrogen and oxygen atoms in total. The fourth-order valence-electron chi connectivity index (χ4n) is 4.40. The Labute approximate surface area is 206 Å². The summed E-state index contributed by atoms with van der Waals surface area (Å²) < 4.78 is 1.64. The number of piperazine rings is 1. The lowest BCUT2D eigenvalue weighted by Gasteiger charge is -2.36. The topological polar surface area (TPSA) is 57.2 Å². The zero-order valence-corrected chi connectivity index (χ0v) is 20.2. The molecule has 2 aromatic carbocycles. The van der Waals surface area contributed by atoms with Crippen LogP contribution in [0.15, 0.2) is 71.8 Å². The van der Waals surface area contributed by atoms with E-state index in [0.29, 0.717) is 0 Å². The number of hydrogen-bond acceptors (Lipinski definition) is 4. The summed E-state index contributed by atoms with van der Waals surface area (Å²) in [6.45, 7) is 7.20. The van der Waals surface area contributed by atoms with Gasteiger partial charge in [-0.1, -0.05) is 18.2 Å². The molecular formula is C25H29Cl2N5O. The summed E-state index contributed by atoms with van der Waals surface area (Å²) in [7, 11) is 0. The van der Waals surface area contributed by atoms with Crippen LogP contribution in [0.2, 0.25) is 0 Å². The molecule has 1 saturated heterocycles. The first-order chi connectivity index (χ1) is 15.2. The highest BCUT2D eigenvalue weighted by Crippen LogP contribution is 2.27. The molecule has 0 aliphatic carbocycles. The highest BCUT2D eigenvalue weighted by Gasteiger charge is 2.18. The number of nitrogens with one attached hydrogen (secondary N) is 1. The Balaban J connectivity index is 0.00000153. The van der Waals surface area contributed by atoms with E-state index in [1.807, 2.05) is 19.1 Å². The highest BCUT2D eigenvalue weighted by molar-refractivity contribution is 5.92. The normalized spacial score (nSPS) is 14.0. The monoisotopic (exact) mass is 485 g/mol. The molecule has 0 radical (unpaired) electrons. The molecule has 1 aliphatic rings.